The predicted octanol–water partition coefficient (Wildman–Crippen LogP) is -0.163. The highest BCUT2D eigenvalue weighted by molar-refractivity contribution is 7.88. The van der Waals surface area contributed by atoms with Crippen LogP contribution in [-0.4, -0.2) is 14.1 Å². The van der Waals surface area contributed by atoms with Gasteiger partial charge < -0.3 is 0 Å². The van der Waals surface area contributed by atoms with Crippen molar-refractivity contribution in [2.24, 2.45) is 9.54 Å². The van der Waals surface area contributed by atoms with Crippen LogP contribution in [0.25, 0.3) is 0 Å². The van der Waals surface area contributed by atoms with Gasteiger partial charge in [-0.2, -0.15) is 12.8 Å². The Morgan fingerprint density at radius 1 is 1.78 bits per heavy atom. The molecular weight excluding hydrogens is 140 g/mol. The average Bonchev–Trinajstić information content (AvgIpc) is 1.62. The summed E-state index contributed by atoms with van der Waals surface area (Å²) in [6.07, 6.45) is 1.31. The van der Waals surface area contributed by atoms with Crippen molar-refractivity contribution in [2.75, 3.05) is 0 Å². The van der Waals surface area contributed by atoms with E-state index in [1.165, 1.54) is 13.0 Å². The van der Waals surface area contributed by atoms with Crippen molar-refractivity contribution in [3.05, 3.63) is 12.7 Å². The van der Waals surface area contributed by atoms with Gasteiger partial charge in [-0.1, -0.05) is 6.58 Å². The van der Waals surface area contributed by atoms with E-state index in [-0.39, 0.29) is 5.71 Å². The van der Waals surface area contributed by atoms with Gasteiger partial charge in [0.05, 0.1) is 5.71 Å². The van der Waals surface area contributed by atoms with Crippen molar-refractivity contribution in [1.29, 1.82) is 0 Å². The number of hydrogen-bond donors (Lipinski definition) is 1. The Bertz CT molecular complexity index is 227. The zero-order valence-electron chi connectivity index (χ0n) is 5.03. The second-order valence-corrected chi connectivity index (χ2v) is 2.66. The molecule has 0 aromatic heterocycles. The van der Waals surface area contributed by atoms with Gasteiger partial charge in [-0.15, -0.1) is 0 Å². The first-order chi connectivity index (χ1) is 3.95. The van der Waals surface area contributed by atoms with Gasteiger partial charge >= 0.3 is 10.2 Å². The Morgan fingerprint density at radius 3 is 2.33 bits per heavy atom. The fourth-order valence-electron chi connectivity index (χ4n) is 0.238. The Balaban J connectivity index is 4.51. The fraction of sp³-hybridized carbons (Fsp3) is 0.250. The van der Waals surface area contributed by atoms with Crippen LogP contribution in [0.5, 0.6) is 0 Å². The number of nitrogens with zero attached hydrogens (tertiary/aromatic N) is 1. The standard InChI is InChI=1S/C4H8N2O2S/c1-3-4(2)6-9(5,7)8/h3H,1H2,2H3,(H2,5,7,8). The van der Waals surface area contributed by atoms with Crippen LogP contribution in [0.4, 0.5) is 0 Å². The van der Waals surface area contributed by atoms with Crippen LogP contribution in [0.15, 0.2) is 17.1 Å². The number of hydrogen-bond acceptors (Lipinski definition) is 2. The minimum absolute atomic E-state index is 0.289. The van der Waals surface area contributed by atoms with Gasteiger partial charge in [0.1, 0.15) is 0 Å². The number of rotatable bonds is 2. The molecule has 0 aliphatic rings. The lowest BCUT2D eigenvalue weighted by Crippen LogP contribution is -2.09. The summed E-state index contributed by atoms with van der Waals surface area (Å²) in [7, 11) is -3.72. The summed E-state index contributed by atoms with van der Waals surface area (Å²) in [5.41, 5.74) is 0.289. The first-order valence-electron chi connectivity index (χ1n) is 2.17. The van der Waals surface area contributed by atoms with E-state index in [0.717, 1.165) is 0 Å². The van der Waals surface area contributed by atoms with Crippen LogP contribution >= 0.6 is 0 Å². The summed E-state index contributed by atoms with van der Waals surface area (Å²) in [6.45, 7) is 4.79. The summed E-state index contributed by atoms with van der Waals surface area (Å²) in [5.74, 6) is 0. The summed E-state index contributed by atoms with van der Waals surface area (Å²) < 4.78 is 23.4. The molecule has 0 atom stereocenters. The molecule has 0 heterocycles. The minimum atomic E-state index is -3.72. The van der Waals surface area contributed by atoms with Crippen LogP contribution in [-0.2, 0) is 10.2 Å². The van der Waals surface area contributed by atoms with Crippen LogP contribution in [0.1, 0.15) is 6.92 Å². The molecule has 0 spiro atoms. The molecule has 9 heavy (non-hydrogen) atoms. The second kappa shape index (κ2) is 2.75. The van der Waals surface area contributed by atoms with Crippen LogP contribution < -0.4 is 5.14 Å². The molecular formula is C4H8N2O2S. The van der Waals surface area contributed by atoms with Gasteiger partial charge in [0.2, 0.25) is 0 Å². The van der Waals surface area contributed by atoms with Gasteiger partial charge in [-0.25, -0.2) is 5.14 Å². The molecule has 0 aromatic carbocycles. The number of allylic oxidation sites excluding steroid dienone is 1. The highest BCUT2D eigenvalue weighted by Crippen LogP contribution is 1.83. The lowest BCUT2D eigenvalue weighted by atomic mass is 10.4. The summed E-state index contributed by atoms with van der Waals surface area (Å²) in [6, 6.07) is 0. The highest BCUT2D eigenvalue weighted by atomic mass is 32.2. The Kier molecular flexibility index (Phi) is 2.54. The van der Waals surface area contributed by atoms with E-state index >= 15 is 0 Å². The van der Waals surface area contributed by atoms with Gasteiger partial charge in [-0.3, -0.25) is 0 Å². The van der Waals surface area contributed by atoms with E-state index < -0.39 is 10.2 Å². The number of nitrogens with two attached hydrogens (primary N) is 1. The smallest absolute Gasteiger partial charge is 0.210 e. The largest absolute Gasteiger partial charge is 0.317 e. The normalized spacial score (nSPS) is 13.3. The first-order valence-corrected chi connectivity index (χ1v) is 3.68. The molecule has 0 saturated heterocycles. The minimum Gasteiger partial charge on any atom is -0.210 e. The Labute approximate surface area is 54.3 Å². The van der Waals surface area contributed by atoms with Crippen molar-refractivity contribution in [3.63, 3.8) is 0 Å². The molecule has 0 amide bonds. The fourth-order valence-corrected chi connectivity index (χ4v) is 0.714. The van der Waals surface area contributed by atoms with E-state index in [9.17, 15) is 8.42 Å². The molecule has 5 heteroatoms. The lowest BCUT2D eigenvalue weighted by molar-refractivity contribution is 0.600. The summed E-state index contributed by atoms with van der Waals surface area (Å²) >= 11 is 0. The molecule has 0 aliphatic carbocycles. The molecule has 0 bridgehead atoms. The van der Waals surface area contributed by atoms with Crippen LogP contribution in [0.3, 0.4) is 0 Å². The molecule has 0 unspecified atom stereocenters. The van der Waals surface area contributed by atoms with Crippen molar-refractivity contribution in [3.8, 4) is 0 Å². The molecule has 0 radical (unpaired) electrons. The average molecular weight is 148 g/mol. The SMILES string of the molecule is C=CC(C)=NS(N)(=O)=O. The maximum Gasteiger partial charge on any atom is 0.317 e. The predicted molar refractivity (Wildman–Crippen MR) is 36.4 cm³/mol. The second-order valence-electron chi connectivity index (χ2n) is 1.45. The zero-order valence-corrected chi connectivity index (χ0v) is 5.85. The third-order valence-corrected chi connectivity index (χ3v) is 1.11. The van der Waals surface area contributed by atoms with E-state index in [0.29, 0.717) is 0 Å². The van der Waals surface area contributed by atoms with E-state index in [1.807, 2.05) is 0 Å². The molecule has 0 saturated carbocycles. The molecule has 0 fully saturated rings. The van der Waals surface area contributed by atoms with Gasteiger partial charge in [0.25, 0.3) is 0 Å². The van der Waals surface area contributed by atoms with Gasteiger partial charge in [0.15, 0.2) is 0 Å². The van der Waals surface area contributed by atoms with Crippen LogP contribution in [0.2, 0.25) is 0 Å². The molecule has 0 aromatic rings. The van der Waals surface area contributed by atoms with Crippen molar-refractivity contribution < 1.29 is 8.42 Å². The quantitative estimate of drug-likeness (QED) is 0.552. The Morgan fingerprint density at radius 2 is 2.22 bits per heavy atom. The first kappa shape index (κ1) is 8.32. The van der Waals surface area contributed by atoms with Gasteiger partial charge in [0, 0.05) is 0 Å². The van der Waals surface area contributed by atoms with E-state index in [1.54, 1.807) is 0 Å². The third-order valence-electron chi connectivity index (χ3n) is 0.567. The molecule has 0 aliphatic heterocycles. The van der Waals surface area contributed by atoms with E-state index in [2.05, 4.69) is 16.1 Å². The zero-order chi connectivity index (χ0) is 7.49. The molecule has 4 nitrogen and oxygen atoms in total. The summed E-state index contributed by atoms with van der Waals surface area (Å²) in [4.78, 5) is 0. The highest BCUT2D eigenvalue weighted by Gasteiger charge is 1.94. The topological polar surface area (TPSA) is 72.5 Å². The van der Waals surface area contributed by atoms with E-state index in [4.69, 9.17) is 0 Å². The maximum atomic E-state index is 10.1. The molecule has 52 valence electrons. The van der Waals surface area contributed by atoms with Crippen LogP contribution in [0, 0.1) is 0 Å². The van der Waals surface area contributed by atoms with Crippen molar-refractivity contribution in [1.82, 2.24) is 0 Å². The molecule has 0 rings (SSSR count). The Hall–Kier alpha value is -0.680. The maximum absolute atomic E-state index is 10.1. The van der Waals surface area contributed by atoms with Crippen molar-refractivity contribution >= 4 is 15.9 Å². The molecule has 2 N–H and O–H groups in total. The lowest BCUT2D eigenvalue weighted by Gasteiger charge is -1.86. The van der Waals surface area contributed by atoms with Crippen molar-refractivity contribution in [2.45, 2.75) is 6.92 Å². The summed E-state index contributed by atoms with van der Waals surface area (Å²) in [5, 5.41) is 4.55. The third kappa shape index (κ3) is 5.19. The monoisotopic (exact) mass is 148 g/mol. The van der Waals surface area contributed by atoms with Gasteiger partial charge in [-0.05, 0) is 13.0 Å².